The highest BCUT2D eigenvalue weighted by molar-refractivity contribution is 5.79. The van der Waals surface area contributed by atoms with Gasteiger partial charge in [-0.2, -0.15) is 0 Å². The van der Waals surface area contributed by atoms with Crippen LogP contribution in [0.4, 0.5) is 4.79 Å². The maximum Gasteiger partial charge on any atom is 0.413 e. The molecule has 166 valence electrons. The van der Waals surface area contributed by atoms with E-state index in [-0.39, 0.29) is 12.5 Å². The van der Waals surface area contributed by atoms with E-state index in [4.69, 9.17) is 23.7 Å². The van der Waals surface area contributed by atoms with Gasteiger partial charge in [0.1, 0.15) is 17.1 Å². The molecule has 30 heavy (non-hydrogen) atoms. The number of hydrogen-bond acceptors (Lipinski definition) is 7. The quantitative estimate of drug-likeness (QED) is 0.648. The first kappa shape index (κ1) is 22.2. The highest BCUT2D eigenvalue weighted by Crippen LogP contribution is 2.48. The summed E-state index contributed by atoms with van der Waals surface area (Å²) in [6, 6.07) is 4.79. The number of hydrogen-bond donors (Lipinski definition) is 0. The molecular formula is C22H31NO7. The molecule has 0 aromatic heterocycles. The Balaban J connectivity index is 2.04. The fraction of sp³-hybridized carbons (Fsp3) is 0.636. The van der Waals surface area contributed by atoms with E-state index in [2.05, 4.69) is 0 Å². The van der Waals surface area contributed by atoms with Gasteiger partial charge in [0.2, 0.25) is 0 Å². The Morgan fingerprint density at radius 1 is 1.17 bits per heavy atom. The lowest BCUT2D eigenvalue weighted by molar-refractivity contribution is -0.156. The second kappa shape index (κ2) is 8.71. The lowest BCUT2D eigenvalue weighted by Crippen LogP contribution is -2.46. The van der Waals surface area contributed by atoms with Gasteiger partial charge in [-0.25, -0.2) is 9.59 Å². The number of nitrogens with zero attached hydrogens (tertiary/aromatic N) is 1. The van der Waals surface area contributed by atoms with Crippen molar-refractivity contribution in [3.05, 3.63) is 23.8 Å². The summed E-state index contributed by atoms with van der Waals surface area (Å²) >= 11 is 0. The summed E-state index contributed by atoms with van der Waals surface area (Å²) in [4.78, 5) is 27.5. The van der Waals surface area contributed by atoms with E-state index in [1.54, 1.807) is 53.0 Å². The molecule has 1 unspecified atom stereocenters. The molecule has 1 saturated heterocycles. The molecule has 0 spiro atoms. The molecule has 1 amide bonds. The van der Waals surface area contributed by atoms with Crippen LogP contribution in [0.5, 0.6) is 11.5 Å². The normalized spacial score (nSPS) is 23.8. The maximum absolute atomic E-state index is 13.2. The Bertz CT molecular complexity index is 784. The monoisotopic (exact) mass is 421 g/mol. The van der Waals surface area contributed by atoms with Crippen molar-refractivity contribution in [2.45, 2.75) is 64.5 Å². The molecule has 1 aromatic rings. The first-order valence-corrected chi connectivity index (χ1v) is 10.3. The molecule has 2 aliphatic rings. The molecule has 8 nitrogen and oxygen atoms in total. The first-order valence-electron chi connectivity index (χ1n) is 10.3. The summed E-state index contributed by atoms with van der Waals surface area (Å²) < 4.78 is 27.9. The number of esters is 1. The highest BCUT2D eigenvalue weighted by atomic mass is 16.6. The zero-order valence-electron chi connectivity index (χ0n) is 18.5. The summed E-state index contributed by atoms with van der Waals surface area (Å²) in [7, 11) is 3.10. The van der Waals surface area contributed by atoms with E-state index in [1.165, 1.54) is 12.0 Å². The predicted octanol–water partition coefficient (Wildman–Crippen LogP) is 3.68. The SMILES string of the molecule is CCOC(=O)[C@@H]1OC(c2ccc(OC)cc2OC)N(C(=O)OC(C)(C)C)[C@H]1C1CC1. The average molecular weight is 421 g/mol. The number of rotatable bonds is 6. The second-order valence-electron chi connectivity index (χ2n) is 8.48. The molecule has 1 aromatic carbocycles. The minimum atomic E-state index is -0.887. The minimum absolute atomic E-state index is 0.154. The second-order valence-corrected chi connectivity index (χ2v) is 8.48. The Labute approximate surface area is 177 Å². The van der Waals surface area contributed by atoms with Crippen molar-refractivity contribution >= 4 is 12.1 Å². The van der Waals surface area contributed by atoms with Gasteiger partial charge in [-0.05, 0) is 58.6 Å². The number of amides is 1. The van der Waals surface area contributed by atoms with E-state index >= 15 is 0 Å². The fourth-order valence-corrected chi connectivity index (χ4v) is 3.70. The van der Waals surface area contributed by atoms with Crippen LogP contribution in [0.15, 0.2) is 18.2 Å². The van der Waals surface area contributed by atoms with Gasteiger partial charge in [0.05, 0.1) is 26.9 Å². The first-order chi connectivity index (χ1) is 14.2. The lowest BCUT2D eigenvalue weighted by Gasteiger charge is -2.32. The zero-order valence-corrected chi connectivity index (χ0v) is 18.5. The van der Waals surface area contributed by atoms with Gasteiger partial charge >= 0.3 is 12.1 Å². The van der Waals surface area contributed by atoms with Crippen LogP contribution in [0.3, 0.4) is 0 Å². The third kappa shape index (κ3) is 4.64. The third-order valence-corrected chi connectivity index (χ3v) is 5.09. The van der Waals surface area contributed by atoms with Crippen LogP contribution >= 0.6 is 0 Å². The van der Waals surface area contributed by atoms with Gasteiger partial charge in [-0.15, -0.1) is 0 Å². The number of carbonyl (C=O) groups excluding carboxylic acids is 2. The number of ether oxygens (including phenoxy) is 5. The molecule has 0 N–H and O–H groups in total. The Morgan fingerprint density at radius 3 is 2.40 bits per heavy atom. The summed E-state index contributed by atoms with van der Waals surface area (Å²) in [6.07, 6.45) is -0.442. The lowest BCUT2D eigenvalue weighted by atomic mass is 10.0. The minimum Gasteiger partial charge on any atom is -0.497 e. The highest BCUT2D eigenvalue weighted by Gasteiger charge is 2.56. The molecule has 1 aliphatic heterocycles. The van der Waals surface area contributed by atoms with Gasteiger partial charge in [-0.3, -0.25) is 4.90 Å². The van der Waals surface area contributed by atoms with Gasteiger partial charge < -0.3 is 23.7 Å². The predicted molar refractivity (Wildman–Crippen MR) is 108 cm³/mol. The largest absolute Gasteiger partial charge is 0.497 e. The number of benzene rings is 1. The molecule has 8 heteroatoms. The standard InChI is InChI=1S/C22H31NO7/c1-7-28-20(24)18-17(13-8-9-13)23(21(25)30-22(2,3)4)19(29-18)15-11-10-14(26-5)12-16(15)27-6/h10-13,17-19H,7-9H2,1-6H3/t17-,18+,19?/m0/s1. The molecule has 3 rings (SSSR count). The van der Waals surface area contributed by atoms with Crippen LogP contribution in [-0.4, -0.2) is 55.5 Å². The van der Waals surface area contributed by atoms with Gasteiger partial charge in [0, 0.05) is 11.6 Å². The van der Waals surface area contributed by atoms with Crippen molar-refractivity contribution in [3.63, 3.8) is 0 Å². The van der Waals surface area contributed by atoms with E-state index in [0.717, 1.165) is 12.8 Å². The Kier molecular flexibility index (Phi) is 6.45. The van der Waals surface area contributed by atoms with Crippen molar-refractivity contribution in [3.8, 4) is 11.5 Å². The maximum atomic E-state index is 13.2. The van der Waals surface area contributed by atoms with E-state index in [1.807, 2.05) is 0 Å². The van der Waals surface area contributed by atoms with E-state index < -0.39 is 36.0 Å². The Morgan fingerprint density at radius 2 is 1.87 bits per heavy atom. The number of carbonyl (C=O) groups is 2. The van der Waals surface area contributed by atoms with Crippen molar-refractivity contribution in [2.75, 3.05) is 20.8 Å². The number of methoxy groups -OCH3 is 2. The molecule has 1 aliphatic carbocycles. The zero-order chi connectivity index (χ0) is 22.1. The van der Waals surface area contributed by atoms with Crippen molar-refractivity contribution < 1.29 is 33.3 Å². The van der Waals surface area contributed by atoms with Crippen molar-refractivity contribution in [1.82, 2.24) is 4.90 Å². The smallest absolute Gasteiger partial charge is 0.413 e. The van der Waals surface area contributed by atoms with E-state index in [9.17, 15) is 9.59 Å². The molecule has 1 saturated carbocycles. The van der Waals surface area contributed by atoms with Gasteiger partial charge in [0.15, 0.2) is 12.3 Å². The van der Waals surface area contributed by atoms with Crippen LogP contribution in [-0.2, 0) is 19.0 Å². The summed E-state index contributed by atoms with van der Waals surface area (Å²) in [5.74, 6) is 0.782. The van der Waals surface area contributed by atoms with Crippen LogP contribution < -0.4 is 9.47 Å². The molecule has 0 bridgehead atoms. The fourth-order valence-electron chi connectivity index (χ4n) is 3.70. The molecule has 2 fully saturated rings. The molecule has 0 radical (unpaired) electrons. The van der Waals surface area contributed by atoms with Gasteiger partial charge in [0.25, 0.3) is 0 Å². The molecule has 3 atom stereocenters. The topological polar surface area (TPSA) is 83.5 Å². The summed E-state index contributed by atoms with van der Waals surface area (Å²) in [5, 5.41) is 0. The van der Waals surface area contributed by atoms with Crippen molar-refractivity contribution in [2.24, 2.45) is 5.92 Å². The van der Waals surface area contributed by atoms with E-state index in [0.29, 0.717) is 17.1 Å². The van der Waals surface area contributed by atoms with Crippen molar-refractivity contribution in [1.29, 1.82) is 0 Å². The van der Waals surface area contributed by atoms with Gasteiger partial charge in [-0.1, -0.05) is 0 Å². The van der Waals surface area contributed by atoms with Crippen LogP contribution in [0.1, 0.15) is 52.3 Å². The van der Waals surface area contributed by atoms with Crippen LogP contribution in [0.2, 0.25) is 0 Å². The molecule has 1 heterocycles. The Hall–Kier alpha value is -2.48. The van der Waals surface area contributed by atoms with Crippen LogP contribution in [0.25, 0.3) is 0 Å². The third-order valence-electron chi connectivity index (χ3n) is 5.09. The summed E-state index contributed by atoms with van der Waals surface area (Å²) in [5.41, 5.74) is -0.0801. The average Bonchev–Trinajstić information content (AvgIpc) is 3.45. The molecular weight excluding hydrogens is 390 g/mol. The summed E-state index contributed by atoms with van der Waals surface area (Å²) in [6.45, 7) is 7.40. The van der Waals surface area contributed by atoms with Crippen LogP contribution in [0, 0.1) is 5.92 Å².